The lowest BCUT2D eigenvalue weighted by Gasteiger charge is -2.38. The summed E-state index contributed by atoms with van der Waals surface area (Å²) in [6, 6.07) is 4.26. The first-order valence-corrected chi connectivity index (χ1v) is 10.1. The summed E-state index contributed by atoms with van der Waals surface area (Å²) in [7, 11) is 2.18. The van der Waals surface area contributed by atoms with Crippen molar-refractivity contribution in [3.63, 3.8) is 0 Å². The van der Waals surface area contributed by atoms with E-state index in [1.807, 2.05) is 0 Å². The van der Waals surface area contributed by atoms with Crippen LogP contribution in [0, 0.1) is 6.92 Å². The predicted octanol–water partition coefficient (Wildman–Crippen LogP) is 4.32. The lowest BCUT2D eigenvalue weighted by atomic mass is 9.97. The van der Waals surface area contributed by atoms with Gasteiger partial charge in [-0.15, -0.1) is 10.2 Å². The molecule has 0 unspecified atom stereocenters. The summed E-state index contributed by atoms with van der Waals surface area (Å²) >= 11 is 0. The molecular formula is C21H22F3N5O. The average molecular weight is 417 g/mol. The molecule has 2 aliphatic rings. The van der Waals surface area contributed by atoms with Crippen LogP contribution in [-0.4, -0.2) is 48.9 Å². The van der Waals surface area contributed by atoms with E-state index in [0.717, 1.165) is 25.3 Å². The van der Waals surface area contributed by atoms with Crippen molar-refractivity contribution < 1.29 is 18.3 Å². The third kappa shape index (κ3) is 2.86. The van der Waals surface area contributed by atoms with E-state index >= 15 is 0 Å². The molecule has 30 heavy (non-hydrogen) atoms. The number of hydrogen-bond donors (Lipinski definition) is 1. The van der Waals surface area contributed by atoms with E-state index in [1.165, 1.54) is 12.5 Å². The van der Waals surface area contributed by atoms with Gasteiger partial charge in [-0.2, -0.15) is 13.2 Å². The monoisotopic (exact) mass is 417 g/mol. The Hall–Kier alpha value is -2.68. The van der Waals surface area contributed by atoms with Gasteiger partial charge in [-0.1, -0.05) is 0 Å². The molecule has 1 aromatic carbocycles. The molecule has 0 amide bonds. The molecule has 158 valence electrons. The second-order valence-electron chi connectivity index (χ2n) is 8.34. The molecule has 2 bridgehead atoms. The molecule has 5 rings (SSSR count). The van der Waals surface area contributed by atoms with Gasteiger partial charge in [0.05, 0.1) is 17.9 Å². The number of fused-ring (bicyclic) bond motifs is 3. The Labute approximate surface area is 171 Å². The van der Waals surface area contributed by atoms with E-state index in [0.29, 0.717) is 40.6 Å². The molecule has 9 heteroatoms. The molecule has 2 saturated heterocycles. The van der Waals surface area contributed by atoms with Crippen molar-refractivity contribution >= 4 is 11.2 Å². The predicted molar refractivity (Wildman–Crippen MR) is 105 cm³/mol. The molecule has 0 aliphatic carbocycles. The fraction of sp³-hybridized carbons (Fsp3) is 0.476. The second-order valence-corrected chi connectivity index (χ2v) is 8.34. The van der Waals surface area contributed by atoms with E-state index in [2.05, 4.69) is 31.7 Å². The third-order valence-corrected chi connectivity index (χ3v) is 6.79. The van der Waals surface area contributed by atoms with Gasteiger partial charge >= 0.3 is 6.18 Å². The van der Waals surface area contributed by atoms with E-state index < -0.39 is 17.5 Å². The fourth-order valence-corrected chi connectivity index (χ4v) is 5.14. The topological polar surface area (TPSA) is 67.1 Å². The molecule has 0 radical (unpaired) electrons. The summed E-state index contributed by atoms with van der Waals surface area (Å²) in [4.78, 5) is 7.01. The van der Waals surface area contributed by atoms with Crippen LogP contribution in [-0.2, 0) is 6.18 Å². The Morgan fingerprint density at radius 3 is 2.50 bits per heavy atom. The maximum Gasteiger partial charge on any atom is 0.416 e. The maximum absolute atomic E-state index is 12.9. The molecule has 4 heterocycles. The summed E-state index contributed by atoms with van der Waals surface area (Å²) in [6.45, 7) is 1.80. The molecule has 6 nitrogen and oxygen atoms in total. The highest BCUT2D eigenvalue weighted by Crippen LogP contribution is 2.42. The Morgan fingerprint density at radius 2 is 1.80 bits per heavy atom. The number of aromatic hydroxyl groups is 1. The minimum atomic E-state index is -4.52. The first-order valence-electron chi connectivity index (χ1n) is 10.1. The van der Waals surface area contributed by atoms with Crippen molar-refractivity contribution in [1.29, 1.82) is 0 Å². The summed E-state index contributed by atoms with van der Waals surface area (Å²) in [6.07, 6.45) is 1.84. The average Bonchev–Trinajstić information content (AvgIpc) is 3.20. The molecule has 0 saturated carbocycles. The van der Waals surface area contributed by atoms with Gasteiger partial charge < -0.3 is 9.67 Å². The third-order valence-electron chi connectivity index (χ3n) is 6.79. The number of likely N-dealkylation sites (N-methyl/N-ethyl adjacent to an activating group) is 1. The van der Waals surface area contributed by atoms with Gasteiger partial charge in [0.15, 0.2) is 5.65 Å². The Balaban J connectivity index is 1.55. The SMILES string of the molecule is Cc1c(-c2ccc(C(F)(F)F)cc2O)nnc2c1ncn2[C@H]1CC[C@H]2CC[C@@H]1N2C. The standard InChI is InChI=1S/C21H22F3N5O/c1-11-18(14-6-3-12(9-17(14)30)21(22,23)24)26-27-20-19(11)25-10-29(20)16-8-5-13-4-7-15(16)28(13)2/h3,6,9-10,13,15-16,30H,4-5,7-8H2,1-2H3/t13-,15+,16+/m1/s1. The molecule has 3 atom stereocenters. The number of aryl methyl sites for hydroxylation is 1. The van der Waals surface area contributed by atoms with Gasteiger partial charge in [-0.25, -0.2) is 4.98 Å². The molecule has 1 N–H and O–H groups in total. The number of piperidine rings is 1. The molecule has 2 aromatic heterocycles. The van der Waals surface area contributed by atoms with Gasteiger partial charge in [-0.05, 0) is 57.9 Å². The minimum Gasteiger partial charge on any atom is -0.507 e. The quantitative estimate of drug-likeness (QED) is 0.673. The van der Waals surface area contributed by atoms with Crippen molar-refractivity contribution in [2.24, 2.45) is 0 Å². The fourth-order valence-electron chi connectivity index (χ4n) is 5.14. The van der Waals surface area contributed by atoms with Gasteiger partial charge in [0.2, 0.25) is 0 Å². The van der Waals surface area contributed by atoms with Crippen LogP contribution in [0.1, 0.15) is 42.9 Å². The number of nitrogens with zero attached hydrogens (tertiary/aromatic N) is 5. The molecule has 0 spiro atoms. The van der Waals surface area contributed by atoms with Crippen LogP contribution < -0.4 is 0 Å². The molecule has 2 aliphatic heterocycles. The number of alkyl halides is 3. The van der Waals surface area contributed by atoms with E-state index in [-0.39, 0.29) is 11.6 Å². The highest BCUT2D eigenvalue weighted by atomic mass is 19.4. The second kappa shape index (κ2) is 6.66. The van der Waals surface area contributed by atoms with Crippen molar-refractivity contribution in [2.75, 3.05) is 7.05 Å². The first-order chi connectivity index (χ1) is 14.3. The Kier molecular flexibility index (Phi) is 4.29. The lowest BCUT2D eigenvalue weighted by molar-refractivity contribution is -0.137. The number of rotatable bonds is 2. The number of phenols is 1. The molecule has 3 aromatic rings. The van der Waals surface area contributed by atoms with Gasteiger partial charge in [-0.3, -0.25) is 4.90 Å². The van der Waals surface area contributed by atoms with Crippen molar-refractivity contribution in [3.05, 3.63) is 35.7 Å². The van der Waals surface area contributed by atoms with E-state index in [1.54, 1.807) is 13.3 Å². The Morgan fingerprint density at radius 1 is 1.07 bits per heavy atom. The largest absolute Gasteiger partial charge is 0.507 e. The van der Waals surface area contributed by atoms with Crippen LogP contribution >= 0.6 is 0 Å². The smallest absolute Gasteiger partial charge is 0.416 e. The van der Waals surface area contributed by atoms with Crippen LogP contribution in [0.5, 0.6) is 5.75 Å². The first kappa shape index (κ1) is 19.3. The molecular weight excluding hydrogens is 395 g/mol. The van der Waals surface area contributed by atoms with Crippen LogP contribution in [0.25, 0.3) is 22.4 Å². The number of benzene rings is 1. The minimum absolute atomic E-state index is 0.209. The van der Waals surface area contributed by atoms with Gasteiger partial charge in [0.25, 0.3) is 0 Å². The lowest BCUT2D eigenvalue weighted by Crippen LogP contribution is -2.42. The van der Waals surface area contributed by atoms with Crippen LogP contribution in [0.15, 0.2) is 24.5 Å². The maximum atomic E-state index is 12.9. The highest BCUT2D eigenvalue weighted by molar-refractivity contribution is 5.83. The molecule has 2 fully saturated rings. The number of aromatic nitrogens is 4. The summed E-state index contributed by atoms with van der Waals surface area (Å²) in [5.74, 6) is -0.480. The highest BCUT2D eigenvalue weighted by Gasteiger charge is 2.41. The van der Waals surface area contributed by atoms with E-state index in [9.17, 15) is 18.3 Å². The zero-order chi connectivity index (χ0) is 21.2. The Bertz CT molecular complexity index is 1130. The van der Waals surface area contributed by atoms with Crippen molar-refractivity contribution in [2.45, 2.75) is 56.9 Å². The van der Waals surface area contributed by atoms with Crippen LogP contribution in [0.2, 0.25) is 0 Å². The number of imidazole rings is 1. The number of halogens is 3. The van der Waals surface area contributed by atoms with E-state index in [4.69, 9.17) is 0 Å². The van der Waals surface area contributed by atoms with Crippen LogP contribution in [0.3, 0.4) is 0 Å². The summed E-state index contributed by atoms with van der Waals surface area (Å²) in [5.41, 5.74) is 1.65. The zero-order valence-corrected chi connectivity index (χ0v) is 16.7. The van der Waals surface area contributed by atoms with Crippen molar-refractivity contribution in [1.82, 2.24) is 24.6 Å². The van der Waals surface area contributed by atoms with Gasteiger partial charge in [0.1, 0.15) is 17.0 Å². The number of hydrogen-bond acceptors (Lipinski definition) is 5. The summed E-state index contributed by atoms with van der Waals surface area (Å²) < 4.78 is 40.8. The van der Waals surface area contributed by atoms with Crippen LogP contribution in [0.4, 0.5) is 13.2 Å². The zero-order valence-electron chi connectivity index (χ0n) is 16.7. The summed E-state index contributed by atoms with van der Waals surface area (Å²) in [5, 5.41) is 18.9. The normalized spacial score (nSPS) is 24.6. The number of phenolic OH excluding ortho intramolecular Hbond substituents is 1. The van der Waals surface area contributed by atoms with Gasteiger partial charge in [0, 0.05) is 23.2 Å². The van der Waals surface area contributed by atoms with Crippen molar-refractivity contribution in [3.8, 4) is 17.0 Å².